The number of ether oxygens (including phenoxy) is 1. The highest BCUT2D eigenvalue weighted by atomic mass is 32.1. The minimum atomic E-state index is -0.737. The lowest BCUT2D eigenvalue weighted by Gasteiger charge is -2.24. The van der Waals surface area contributed by atoms with E-state index in [9.17, 15) is 14.0 Å². The third-order valence-corrected chi connectivity index (χ3v) is 6.35. The summed E-state index contributed by atoms with van der Waals surface area (Å²) in [5.41, 5.74) is 1.18. The molecular formula is C19H18FNO3S. The van der Waals surface area contributed by atoms with Crippen molar-refractivity contribution in [1.29, 1.82) is 0 Å². The number of carbonyl (C=O) groups excluding carboxylic acids is 2. The summed E-state index contributed by atoms with van der Waals surface area (Å²) in [6.07, 6.45) is 2.32. The molecule has 130 valence electrons. The second-order valence-corrected chi connectivity index (χ2v) is 7.96. The number of thiazole rings is 1. The van der Waals surface area contributed by atoms with Crippen LogP contribution in [0.1, 0.15) is 35.8 Å². The number of halogens is 1. The zero-order valence-electron chi connectivity index (χ0n) is 14.0. The van der Waals surface area contributed by atoms with Crippen molar-refractivity contribution in [2.75, 3.05) is 7.11 Å². The second-order valence-electron chi connectivity index (χ2n) is 6.75. The van der Waals surface area contributed by atoms with Gasteiger partial charge in [0.25, 0.3) is 0 Å². The van der Waals surface area contributed by atoms with Gasteiger partial charge in [-0.1, -0.05) is 0 Å². The normalized spacial score (nSPS) is 25.5. The average Bonchev–Trinajstić information content (AvgIpc) is 3.20. The summed E-state index contributed by atoms with van der Waals surface area (Å²) in [4.78, 5) is 30.8. The summed E-state index contributed by atoms with van der Waals surface area (Å²) in [6.45, 7) is 1.87. The molecule has 1 heterocycles. The van der Waals surface area contributed by atoms with Gasteiger partial charge in [0.2, 0.25) is 0 Å². The Morgan fingerprint density at radius 3 is 2.48 bits per heavy atom. The number of benzene rings is 1. The van der Waals surface area contributed by atoms with Gasteiger partial charge in [-0.3, -0.25) is 9.59 Å². The average molecular weight is 359 g/mol. The quantitative estimate of drug-likeness (QED) is 0.780. The van der Waals surface area contributed by atoms with Gasteiger partial charge in [0.05, 0.1) is 12.8 Å². The first-order valence-corrected chi connectivity index (χ1v) is 9.20. The third-order valence-electron chi connectivity index (χ3n) is 5.31. The van der Waals surface area contributed by atoms with Crippen LogP contribution in [0.3, 0.4) is 0 Å². The Hall–Kier alpha value is -2.08. The molecule has 0 spiro atoms. The van der Waals surface area contributed by atoms with Crippen LogP contribution in [0, 0.1) is 24.6 Å². The molecule has 25 heavy (non-hydrogen) atoms. The van der Waals surface area contributed by atoms with Crippen molar-refractivity contribution in [1.82, 2.24) is 4.98 Å². The van der Waals surface area contributed by atoms with Crippen LogP contribution in [0.15, 0.2) is 18.2 Å². The van der Waals surface area contributed by atoms with Gasteiger partial charge in [-0.05, 0) is 44.4 Å². The minimum Gasteiger partial charge on any atom is -0.494 e. The molecule has 0 aliphatic heterocycles. The van der Waals surface area contributed by atoms with E-state index in [2.05, 4.69) is 4.98 Å². The highest BCUT2D eigenvalue weighted by Gasteiger charge is 2.48. The number of aryl methyl sites for hydroxylation is 1. The molecule has 4 nitrogen and oxygen atoms in total. The van der Waals surface area contributed by atoms with Gasteiger partial charge < -0.3 is 4.74 Å². The maximum atomic E-state index is 14.0. The van der Waals surface area contributed by atoms with E-state index in [0.29, 0.717) is 22.7 Å². The molecule has 2 aliphatic rings. The molecule has 0 N–H and O–H groups in total. The van der Waals surface area contributed by atoms with Gasteiger partial charge in [-0.2, -0.15) is 0 Å². The van der Waals surface area contributed by atoms with Crippen molar-refractivity contribution in [2.24, 2.45) is 11.8 Å². The second kappa shape index (κ2) is 6.02. The highest BCUT2D eigenvalue weighted by Crippen LogP contribution is 2.45. The van der Waals surface area contributed by atoms with Crippen molar-refractivity contribution in [3.05, 3.63) is 34.6 Å². The van der Waals surface area contributed by atoms with Crippen LogP contribution in [0.2, 0.25) is 0 Å². The van der Waals surface area contributed by atoms with E-state index >= 15 is 0 Å². The SMILES string of the molecule is COc1ccc(-c2nc(C3C(=O)[C@H]4CC[C@@H](C4)C3=O)c(C)s2)cc1F. The summed E-state index contributed by atoms with van der Waals surface area (Å²) < 4.78 is 18.9. The maximum Gasteiger partial charge on any atom is 0.165 e. The van der Waals surface area contributed by atoms with E-state index in [1.807, 2.05) is 6.92 Å². The zero-order chi connectivity index (χ0) is 17.7. The highest BCUT2D eigenvalue weighted by molar-refractivity contribution is 7.15. The van der Waals surface area contributed by atoms with E-state index in [-0.39, 0.29) is 29.2 Å². The topological polar surface area (TPSA) is 56.3 Å². The number of ketones is 2. The summed E-state index contributed by atoms with van der Waals surface area (Å²) in [7, 11) is 1.42. The van der Waals surface area contributed by atoms with E-state index in [0.717, 1.165) is 17.7 Å². The Labute approximate surface area is 149 Å². The fraction of sp³-hybridized carbons (Fsp3) is 0.421. The molecule has 2 saturated carbocycles. The lowest BCUT2D eigenvalue weighted by molar-refractivity contribution is -0.136. The Balaban J connectivity index is 1.72. The van der Waals surface area contributed by atoms with Crippen LogP contribution < -0.4 is 4.74 Å². The van der Waals surface area contributed by atoms with Crippen molar-refractivity contribution < 1.29 is 18.7 Å². The Morgan fingerprint density at radius 2 is 1.88 bits per heavy atom. The number of Topliss-reactive ketones (excluding diaryl/α,β-unsaturated/α-hetero) is 2. The van der Waals surface area contributed by atoms with E-state index in [1.165, 1.54) is 24.5 Å². The molecule has 1 aromatic carbocycles. The van der Waals surface area contributed by atoms with Crippen LogP contribution >= 0.6 is 11.3 Å². The molecule has 1 aromatic heterocycles. The van der Waals surface area contributed by atoms with Gasteiger partial charge in [0.1, 0.15) is 10.9 Å². The number of carbonyl (C=O) groups is 2. The monoisotopic (exact) mass is 359 g/mol. The molecule has 4 rings (SSSR count). The molecule has 2 bridgehead atoms. The minimum absolute atomic E-state index is 0.00400. The number of hydrogen-bond acceptors (Lipinski definition) is 5. The van der Waals surface area contributed by atoms with Crippen LogP contribution in [-0.2, 0) is 9.59 Å². The molecule has 0 radical (unpaired) electrons. The predicted octanol–water partition coefficient (Wildman–Crippen LogP) is 3.92. The Morgan fingerprint density at radius 1 is 1.20 bits per heavy atom. The van der Waals surface area contributed by atoms with Crippen molar-refractivity contribution in [3.8, 4) is 16.3 Å². The van der Waals surface area contributed by atoms with E-state index in [1.54, 1.807) is 12.1 Å². The van der Waals surface area contributed by atoms with Crippen LogP contribution in [-0.4, -0.2) is 23.7 Å². The van der Waals surface area contributed by atoms with Crippen molar-refractivity contribution in [2.45, 2.75) is 32.1 Å². The number of methoxy groups -OCH3 is 1. The number of nitrogens with zero attached hydrogens (tertiary/aromatic N) is 1. The van der Waals surface area contributed by atoms with Crippen molar-refractivity contribution in [3.63, 3.8) is 0 Å². The first-order valence-electron chi connectivity index (χ1n) is 8.38. The molecule has 0 unspecified atom stereocenters. The summed E-state index contributed by atoms with van der Waals surface area (Å²) in [5, 5.41) is 0.618. The number of hydrogen-bond donors (Lipinski definition) is 0. The molecule has 2 aromatic rings. The first kappa shape index (κ1) is 16.4. The molecule has 6 heteroatoms. The number of rotatable bonds is 3. The zero-order valence-corrected chi connectivity index (χ0v) is 14.9. The van der Waals surface area contributed by atoms with Crippen LogP contribution in [0.25, 0.3) is 10.6 Å². The molecule has 0 amide bonds. The van der Waals surface area contributed by atoms with Crippen LogP contribution in [0.5, 0.6) is 5.75 Å². The molecule has 0 saturated heterocycles. The Kier molecular flexibility index (Phi) is 3.95. The summed E-state index contributed by atoms with van der Waals surface area (Å²) >= 11 is 1.39. The first-order chi connectivity index (χ1) is 12.0. The maximum absolute atomic E-state index is 14.0. The summed E-state index contributed by atoms with van der Waals surface area (Å²) in [5.74, 6) is -1.01. The van der Waals surface area contributed by atoms with Gasteiger partial charge in [0, 0.05) is 22.3 Å². The smallest absolute Gasteiger partial charge is 0.165 e. The van der Waals surface area contributed by atoms with E-state index < -0.39 is 11.7 Å². The standard InChI is InChI=1S/C19H18FNO3S/c1-9-16(15-17(22)10-3-4-11(7-10)18(15)23)21-19(25-9)12-5-6-14(24-2)13(20)8-12/h5-6,8,10-11,15H,3-4,7H2,1-2H3/t10-,11-/m0/s1. The molecule has 2 fully saturated rings. The fourth-order valence-corrected chi connectivity index (χ4v) is 4.93. The van der Waals surface area contributed by atoms with Gasteiger partial charge >= 0.3 is 0 Å². The van der Waals surface area contributed by atoms with Crippen LogP contribution in [0.4, 0.5) is 4.39 Å². The summed E-state index contributed by atoms with van der Waals surface area (Å²) in [6, 6.07) is 4.66. The predicted molar refractivity (Wildman–Crippen MR) is 92.4 cm³/mol. The fourth-order valence-electron chi connectivity index (χ4n) is 3.98. The Bertz CT molecular complexity index is 854. The van der Waals surface area contributed by atoms with E-state index in [4.69, 9.17) is 4.74 Å². The molecule has 2 aliphatic carbocycles. The van der Waals surface area contributed by atoms with Gasteiger partial charge in [0.15, 0.2) is 23.1 Å². The number of fused-ring (bicyclic) bond motifs is 2. The molecule has 2 atom stereocenters. The lowest BCUT2D eigenvalue weighted by Crippen LogP contribution is -2.35. The number of aromatic nitrogens is 1. The third kappa shape index (κ3) is 2.59. The molecular weight excluding hydrogens is 341 g/mol. The van der Waals surface area contributed by atoms with Gasteiger partial charge in [-0.25, -0.2) is 9.37 Å². The lowest BCUT2D eigenvalue weighted by atomic mass is 9.77. The van der Waals surface area contributed by atoms with Gasteiger partial charge in [-0.15, -0.1) is 11.3 Å². The largest absolute Gasteiger partial charge is 0.494 e. The van der Waals surface area contributed by atoms with Crippen molar-refractivity contribution >= 4 is 22.9 Å².